The molecule has 0 bridgehead atoms. The van der Waals surface area contributed by atoms with Crippen LogP contribution in [0.2, 0.25) is 0 Å². The van der Waals surface area contributed by atoms with Gasteiger partial charge in [0.2, 0.25) is 5.91 Å². The quantitative estimate of drug-likeness (QED) is 0.794. The smallest absolute Gasteiger partial charge is 0.274 e. The molecule has 1 unspecified atom stereocenters. The molecule has 7 nitrogen and oxygen atoms in total. The Labute approximate surface area is 111 Å². The Morgan fingerprint density at radius 3 is 2.95 bits per heavy atom. The number of rotatable bonds is 3. The SMILES string of the molecule is CCn1ncc(N)c1C(=O)N1CCC(NC(C)=O)C1. The Morgan fingerprint density at radius 1 is 1.58 bits per heavy atom. The highest BCUT2D eigenvalue weighted by atomic mass is 16.2. The largest absolute Gasteiger partial charge is 0.396 e. The lowest BCUT2D eigenvalue weighted by molar-refractivity contribution is -0.119. The number of aromatic nitrogens is 2. The molecule has 0 aliphatic carbocycles. The molecule has 1 aromatic rings. The predicted octanol–water partition coefficient (Wildman–Crippen LogP) is -0.164. The van der Waals surface area contributed by atoms with Crippen LogP contribution >= 0.6 is 0 Å². The van der Waals surface area contributed by atoms with Crippen molar-refractivity contribution in [3.63, 3.8) is 0 Å². The van der Waals surface area contributed by atoms with Crippen molar-refractivity contribution >= 4 is 17.5 Å². The number of hydrogen-bond donors (Lipinski definition) is 2. The summed E-state index contributed by atoms with van der Waals surface area (Å²) in [5.74, 6) is -0.192. The van der Waals surface area contributed by atoms with Gasteiger partial charge in [0.25, 0.3) is 5.91 Å². The van der Waals surface area contributed by atoms with Crippen molar-refractivity contribution in [2.75, 3.05) is 18.8 Å². The fourth-order valence-corrected chi connectivity index (χ4v) is 2.37. The highest BCUT2D eigenvalue weighted by Crippen LogP contribution is 2.18. The number of anilines is 1. The molecule has 19 heavy (non-hydrogen) atoms. The molecular formula is C12H19N5O2. The predicted molar refractivity (Wildman–Crippen MR) is 70.4 cm³/mol. The molecule has 7 heteroatoms. The molecule has 0 radical (unpaired) electrons. The van der Waals surface area contributed by atoms with E-state index in [-0.39, 0.29) is 17.9 Å². The first-order valence-electron chi connectivity index (χ1n) is 6.40. The second-order valence-corrected chi connectivity index (χ2v) is 4.70. The van der Waals surface area contributed by atoms with Gasteiger partial charge in [0, 0.05) is 32.6 Å². The monoisotopic (exact) mass is 265 g/mol. The summed E-state index contributed by atoms with van der Waals surface area (Å²) in [6.45, 7) is 5.13. The molecule has 2 amide bonds. The van der Waals surface area contributed by atoms with E-state index in [0.717, 1.165) is 6.42 Å². The van der Waals surface area contributed by atoms with Gasteiger partial charge >= 0.3 is 0 Å². The van der Waals surface area contributed by atoms with Gasteiger partial charge in [-0.15, -0.1) is 0 Å². The lowest BCUT2D eigenvalue weighted by Gasteiger charge is -2.17. The van der Waals surface area contributed by atoms with E-state index in [0.29, 0.717) is 31.0 Å². The van der Waals surface area contributed by atoms with Crippen LogP contribution in [0.15, 0.2) is 6.20 Å². The fourth-order valence-electron chi connectivity index (χ4n) is 2.37. The molecule has 2 rings (SSSR count). The molecule has 1 aliphatic heterocycles. The van der Waals surface area contributed by atoms with Crippen LogP contribution < -0.4 is 11.1 Å². The van der Waals surface area contributed by atoms with Crippen LogP contribution in [-0.4, -0.2) is 45.6 Å². The zero-order valence-corrected chi connectivity index (χ0v) is 11.2. The first-order valence-corrected chi connectivity index (χ1v) is 6.40. The van der Waals surface area contributed by atoms with E-state index < -0.39 is 0 Å². The Kier molecular flexibility index (Phi) is 3.73. The molecule has 1 atom stereocenters. The summed E-state index contributed by atoms with van der Waals surface area (Å²) in [5.41, 5.74) is 6.63. The summed E-state index contributed by atoms with van der Waals surface area (Å²) in [6.07, 6.45) is 2.27. The molecule has 2 heterocycles. The van der Waals surface area contributed by atoms with Gasteiger partial charge < -0.3 is 16.0 Å². The van der Waals surface area contributed by atoms with Gasteiger partial charge in [0.05, 0.1) is 11.9 Å². The third kappa shape index (κ3) is 2.69. The van der Waals surface area contributed by atoms with Gasteiger partial charge in [-0.05, 0) is 13.3 Å². The standard InChI is InChI=1S/C12H19N5O2/c1-3-17-11(10(13)6-14-17)12(19)16-5-4-9(7-16)15-8(2)18/h6,9H,3-5,7,13H2,1-2H3,(H,15,18). The molecule has 0 aromatic carbocycles. The van der Waals surface area contributed by atoms with Crippen molar-refractivity contribution in [1.82, 2.24) is 20.0 Å². The second-order valence-electron chi connectivity index (χ2n) is 4.70. The summed E-state index contributed by atoms with van der Waals surface area (Å²) in [7, 11) is 0. The van der Waals surface area contributed by atoms with Gasteiger partial charge in [-0.25, -0.2) is 0 Å². The van der Waals surface area contributed by atoms with Crippen molar-refractivity contribution in [3.05, 3.63) is 11.9 Å². The number of nitrogens with two attached hydrogens (primary N) is 1. The number of nitrogens with one attached hydrogen (secondary N) is 1. The lowest BCUT2D eigenvalue weighted by atomic mass is 10.2. The minimum atomic E-state index is -0.121. The van der Waals surface area contributed by atoms with E-state index in [2.05, 4.69) is 10.4 Å². The number of carbonyl (C=O) groups excluding carboxylic acids is 2. The minimum absolute atomic E-state index is 0.0284. The van der Waals surface area contributed by atoms with E-state index >= 15 is 0 Å². The summed E-state index contributed by atoms with van der Waals surface area (Å²) in [5, 5.41) is 6.90. The summed E-state index contributed by atoms with van der Waals surface area (Å²) in [4.78, 5) is 25.1. The molecule has 0 spiro atoms. The molecule has 0 saturated carbocycles. The van der Waals surface area contributed by atoms with Crippen molar-refractivity contribution < 1.29 is 9.59 Å². The van der Waals surface area contributed by atoms with Gasteiger partial charge in [-0.3, -0.25) is 14.3 Å². The van der Waals surface area contributed by atoms with Gasteiger partial charge in [-0.2, -0.15) is 5.10 Å². The molecule has 1 fully saturated rings. The number of amides is 2. The number of aryl methyl sites for hydroxylation is 1. The summed E-state index contributed by atoms with van der Waals surface area (Å²) < 4.78 is 1.60. The van der Waals surface area contributed by atoms with E-state index in [9.17, 15) is 9.59 Å². The van der Waals surface area contributed by atoms with E-state index in [1.165, 1.54) is 13.1 Å². The molecular weight excluding hydrogens is 246 g/mol. The van der Waals surface area contributed by atoms with Crippen LogP contribution in [0.5, 0.6) is 0 Å². The van der Waals surface area contributed by atoms with E-state index in [1.807, 2.05) is 6.92 Å². The van der Waals surface area contributed by atoms with Crippen LogP contribution in [0, 0.1) is 0 Å². The average Bonchev–Trinajstić information content (AvgIpc) is 2.94. The van der Waals surface area contributed by atoms with Gasteiger partial charge in [0.15, 0.2) is 0 Å². The fraction of sp³-hybridized carbons (Fsp3) is 0.583. The first kappa shape index (κ1) is 13.4. The average molecular weight is 265 g/mol. The first-order chi connectivity index (χ1) is 9.02. The number of nitrogen functional groups attached to an aromatic ring is 1. The maximum atomic E-state index is 12.4. The molecule has 1 aliphatic rings. The van der Waals surface area contributed by atoms with E-state index in [1.54, 1.807) is 9.58 Å². The summed E-state index contributed by atoms with van der Waals surface area (Å²) >= 11 is 0. The highest BCUT2D eigenvalue weighted by Gasteiger charge is 2.30. The maximum Gasteiger partial charge on any atom is 0.274 e. The Balaban J connectivity index is 2.09. The Hall–Kier alpha value is -2.05. The molecule has 104 valence electrons. The topological polar surface area (TPSA) is 93.2 Å². The van der Waals surface area contributed by atoms with Crippen molar-refractivity contribution in [3.8, 4) is 0 Å². The van der Waals surface area contributed by atoms with Crippen LogP contribution in [0.1, 0.15) is 30.8 Å². The highest BCUT2D eigenvalue weighted by molar-refractivity contribution is 5.97. The van der Waals surface area contributed by atoms with Crippen LogP contribution in [0.3, 0.4) is 0 Å². The van der Waals surface area contributed by atoms with Crippen LogP contribution in [0.4, 0.5) is 5.69 Å². The molecule has 3 N–H and O–H groups in total. The molecule has 1 saturated heterocycles. The van der Waals surface area contributed by atoms with E-state index in [4.69, 9.17) is 5.73 Å². The number of nitrogens with zero attached hydrogens (tertiary/aromatic N) is 3. The number of hydrogen-bond acceptors (Lipinski definition) is 4. The number of likely N-dealkylation sites (tertiary alicyclic amines) is 1. The zero-order valence-electron chi connectivity index (χ0n) is 11.2. The van der Waals surface area contributed by atoms with Gasteiger partial charge in [0.1, 0.15) is 5.69 Å². The van der Waals surface area contributed by atoms with Crippen molar-refractivity contribution in [2.24, 2.45) is 0 Å². The maximum absolute atomic E-state index is 12.4. The minimum Gasteiger partial charge on any atom is -0.396 e. The Morgan fingerprint density at radius 2 is 2.32 bits per heavy atom. The van der Waals surface area contributed by atoms with Crippen LogP contribution in [0.25, 0.3) is 0 Å². The summed E-state index contributed by atoms with van der Waals surface area (Å²) in [6, 6.07) is 0.0284. The van der Waals surface area contributed by atoms with Crippen molar-refractivity contribution in [2.45, 2.75) is 32.9 Å². The van der Waals surface area contributed by atoms with Crippen molar-refractivity contribution in [1.29, 1.82) is 0 Å². The third-order valence-electron chi connectivity index (χ3n) is 3.25. The van der Waals surface area contributed by atoms with Gasteiger partial charge in [-0.1, -0.05) is 0 Å². The zero-order chi connectivity index (χ0) is 14.0. The van der Waals surface area contributed by atoms with Crippen LogP contribution in [-0.2, 0) is 11.3 Å². The second kappa shape index (κ2) is 5.29. The number of carbonyl (C=O) groups is 2. The Bertz CT molecular complexity index is 496. The lowest BCUT2D eigenvalue weighted by Crippen LogP contribution is -2.38. The normalized spacial score (nSPS) is 18.6. The third-order valence-corrected chi connectivity index (χ3v) is 3.25. The molecule has 1 aromatic heterocycles.